The number of para-hydroxylation sites is 1. The first-order valence-corrected chi connectivity index (χ1v) is 7.30. The molecule has 0 bridgehead atoms. The first-order valence-electron chi connectivity index (χ1n) is 6.23. The van der Waals surface area contributed by atoms with Crippen molar-refractivity contribution < 1.29 is 13.5 Å². The second-order valence-electron chi connectivity index (χ2n) is 4.20. The van der Waals surface area contributed by atoms with Crippen LogP contribution in [0.15, 0.2) is 36.4 Å². The standard InChI is InChI=1S/C15H14F2INO/c1-2-19-9-10-7-11(16)15(12(17)8-10)20-14-6-4-3-5-13(14)18/h3-8,19H,2,9H2,1H3. The maximum absolute atomic E-state index is 14.0. The molecule has 2 rings (SSSR count). The summed E-state index contributed by atoms with van der Waals surface area (Å²) in [5.74, 6) is -1.32. The molecular formula is C15H14F2INO. The first-order chi connectivity index (χ1) is 9.61. The highest BCUT2D eigenvalue weighted by molar-refractivity contribution is 14.1. The number of hydrogen-bond donors (Lipinski definition) is 1. The van der Waals surface area contributed by atoms with E-state index in [0.29, 0.717) is 17.9 Å². The zero-order valence-corrected chi connectivity index (χ0v) is 13.1. The molecule has 0 radical (unpaired) electrons. The lowest BCUT2D eigenvalue weighted by atomic mass is 10.2. The van der Waals surface area contributed by atoms with Gasteiger partial charge in [-0.1, -0.05) is 19.1 Å². The van der Waals surface area contributed by atoms with Crippen LogP contribution in [0.4, 0.5) is 8.78 Å². The average Bonchev–Trinajstić information content (AvgIpc) is 2.42. The van der Waals surface area contributed by atoms with Gasteiger partial charge in [0.15, 0.2) is 17.4 Å². The van der Waals surface area contributed by atoms with Crippen LogP contribution >= 0.6 is 22.6 Å². The van der Waals surface area contributed by atoms with Crippen LogP contribution in [0.2, 0.25) is 0 Å². The molecule has 0 heterocycles. The van der Waals surface area contributed by atoms with E-state index in [9.17, 15) is 8.78 Å². The molecule has 20 heavy (non-hydrogen) atoms. The van der Waals surface area contributed by atoms with Crippen molar-refractivity contribution in [2.75, 3.05) is 6.54 Å². The van der Waals surface area contributed by atoms with E-state index >= 15 is 0 Å². The Morgan fingerprint density at radius 3 is 2.40 bits per heavy atom. The lowest BCUT2D eigenvalue weighted by Crippen LogP contribution is -2.12. The van der Waals surface area contributed by atoms with E-state index in [1.807, 2.05) is 19.1 Å². The number of halogens is 3. The van der Waals surface area contributed by atoms with E-state index < -0.39 is 11.6 Å². The summed E-state index contributed by atoms with van der Waals surface area (Å²) in [5.41, 5.74) is 0.553. The monoisotopic (exact) mass is 389 g/mol. The van der Waals surface area contributed by atoms with Gasteiger partial charge in [-0.05, 0) is 59.0 Å². The minimum Gasteiger partial charge on any atom is -0.450 e. The van der Waals surface area contributed by atoms with E-state index in [0.717, 1.165) is 10.1 Å². The number of hydrogen-bond acceptors (Lipinski definition) is 2. The zero-order chi connectivity index (χ0) is 14.5. The van der Waals surface area contributed by atoms with Crippen molar-refractivity contribution in [1.29, 1.82) is 0 Å². The fourth-order valence-electron chi connectivity index (χ4n) is 1.72. The Kier molecular flexibility index (Phi) is 5.31. The molecule has 0 atom stereocenters. The molecule has 0 spiro atoms. The molecule has 2 aromatic rings. The fraction of sp³-hybridized carbons (Fsp3) is 0.200. The molecule has 0 amide bonds. The van der Waals surface area contributed by atoms with Gasteiger partial charge in [0.2, 0.25) is 0 Å². The third kappa shape index (κ3) is 3.67. The van der Waals surface area contributed by atoms with Gasteiger partial charge in [-0.3, -0.25) is 0 Å². The van der Waals surface area contributed by atoms with Crippen molar-refractivity contribution in [3.63, 3.8) is 0 Å². The van der Waals surface area contributed by atoms with Crippen LogP contribution in [0.5, 0.6) is 11.5 Å². The van der Waals surface area contributed by atoms with Crippen molar-refractivity contribution in [2.24, 2.45) is 0 Å². The summed E-state index contributed by atoms with van der Waals surface area (Å²) in [4.78, 5) is 0. The van der Waals surface area contributed by atoms with Crippen molar-refractivity contribution in [3.05, 3.63) is 57.2 Å². The molecule has 0 unspecified atom stereocenters. The minimum atomic E-state index is -0.697. The topological polar surface area (TPSA) is 21.3 Å². The van der Waals surface area contributed by atoms with Gasteiger partial charge in [0.1, 0.15) is 5.75 Å². The largest absolute Gasteiger partial charge is 0.450 e. The molecule has 2 aromatic carbocycles. The minimum absolute atomic E-state index is 0.366. The van der Waals surface area contributed by atoms with Gasteiger partial charge in [0.05, 0.1) is 3.57 Å². The molecule has 2 nitrogen and oxygen atoms in total. The second-order valence-corrected chi connectivity index (χ2v) is 5.36. The number of nitrogens with one attached hydrogen (secondary N) is 1. The summed E-state index contributed by atoms with van der Waals surface area (Å²) in [6.45, 7) is 3.10. The molecule has 0 saturated heterocycles. The van der Waals surface area contributed by atoms with Gasteiger partial charge < -0.3 is 10.1 Å². The van der Waals surface area contributed by atoms with Crippen molar-refractivity contribution in [1.82, 2.24) is 5.32 Å². The van der Waals surface area contributed by atoms with Crippen LogP contribution in [0, 0.1) is 15.2 Å². The van der Waals surface area contributed by atoms with Crippen LogP contribution in [0.1, 0.15) is 12.5 Å². The second kappa shape index (κ2) is 6.99. The molecule has 106 valence electrons. The highest BCUT2D eigenvalue weighted by Crippen LogP contribution is 2.31. The van der Waals surface area contributed by atoms with Crippen molar-refractivity contribution >= 4 is 22.6 Å². The molecule has 1 N–H and O–H groups in total. The van der Waals surface area contributed by atoms with Gasteiger partial charge in [0, 0.05) is 6.54 Å². The van der Waals surface area contributed by atoms with Crippen LogP contribution in [-0.4, -0.2) is 6.54 Å². The molecule has 0 aromatic heterocycles. The summed E-state index contributed by atoms with van der Waals surface area (Å²) >= 11 is 2.06. The Morgan fingerprint density at radius 2 is 1.80 bits per heavy atom. The maximum Gasteiger partial charge on any atom is 0.198 e. The molecule has 0 fully saturated rings. The van der Waals surface area contributed by atoms with Crippen LogP contribution < -0.4 is 10.1 Å². The third-order valence-corrected chi connectivity index (χ3v) is 3.58. The van der Waals surface area contributed by atoms with Crippen LogP contribution in [0.25, 0.3) is 0 Å². The van der Waals surface area contributed by atoms with E-state index in [4.69, 9.17) is 4.74 Å². The maximum atomic E-state index is 14.0. The first kappa shape index (κ1) is 15.2. The van der Waals surface area contributed by atoms with Gasteiger partial charge in [-0.15, -0.1) is 0 Å². The lowest BCUT2D eigenvalue weighted by molar-refractivity contribution is 0.404. The Bertz CT molecular complexity index is 581. The highest BCUT2D eigenvalue weighted by Gasteiger charge is 2.14. The Hall–Kier alpha value is -1.21. The predicted molar refractivity (Wildman–Crippen MR) is 83.0 cm³/mol. The smallest absolute Gasteiger partial charge is 0.198 e. The van der Waals surface area contributed by atoms with Crippen molar-refractivity contribution in [2.45, 2.75) is 13.5 Å². The predicted octanol–water partition coefficient (Wildman–Crippen LogP) is 4.47. The van der Waals surface area contributed by atoms with E-state index in [-0.39, 0.29) is 5.75 Å². The molecular weight excluding hydrogens is 375 g/mol. The summed E-state index contributed by atoms with van der Waals surface area (Å²) < 4.78 is 34.1. The number of benzene rings is 2. The van der Waals surface area contributed by atoms with Gasteiger partial charge in [-0.2, -0.15) is 0 Å². The van der Waals surface area contributed by atoms with Crippen LogP contribution in [-0.2, 0) is 6.54 Å². The van der Waals surface area contributed by atoms with Crippen LogP contribution in [0.3, 0.4) is 0 Å². The number of ether oxygens (including phenoxy) is 1. The van der Waals surface area contributed by atoms with Gasteiger partial charge in [-0.25, -0.2) is 8.78 Å². The summed E-state index contributed by atoms with van der Waals surface area (Å²) in [5, 5.41) is 3.02. The SMILES string of the molecule is CCNCc1cc(F)c(Oc2ccccc2I)c(F)c1. The summed E-state index contributed by atoms with van der Waals surface area (Å²) in [6, 6.07) is 9.65. The molecule has 0 aliphatic carbocycles. The fourth-order valence-corrected chi connectivity index (χ4v) is 2.22. The normalized spacial score (nSPS) is 10.6. The summed E-state index contributed by atoms with van der Waals surface area (Å²) in [6.07, 6.45) is 0. The summed E-state index contributed by atoms with van der Waals surface area (Å²) in [7, 11) is 0. The molecule has 0 aliphatic heterocycles. The van der Waals surface area contributed by atoms with E-state index in [1.54, 1.807) is 12.1 Å². The third-order valence-electron chi connectivity index (χ3n) is 2.69. The Morgan fingerprint density at radius 1 is 1.15 bits per heavy atom. The Labute approximate surface area is 130 Å². The highest BCUT2D eigenvalue weighted by atomic mass is 127. The molecule has 5 heteroatoms. The average molecular weight is 389 g/mol. The molecule has 0 saturated carbocycles. The zero-order valence-electron chi connectivity index (χ0n) is 10.9. The van der Waals surface area contributed by atoms with Gasteiger partial charge >= 0.3 is 0 Å². The molecule has 0 aliphatic rings. The van der Waals surface area contributed by atoms with E-state index in [2.05, 4.69) is 27.9 Å². The van der Waals surface area contributed by atoms with E-state index in [1.165, 1.54) is 12.1 Å². The quantitative estimate of drug-likeness (QED) is 0.762. The van der Waals surface area contributed by atoms with Crippen molar-refractivity contribution in [3.8, 4) is 11.5 Å². The Balaban J connectivity index is 2.27. The number of rotatable bonds is 5. The lowest BCUT2D eigenvalue weighted by Gasteiger charge is -2.11. The van der Waals surface area contributed by atoms with Gasteiger partial charge in [0.25, 0.3) is 0 Å².